The lowest BCUT2D eigenvalue weighted by atomic mass is 10.0. The Morgan fingerprint density at radius 1 is 1.60 bits per heavy atom. The van der Waals surface area contributed by atoms with E-state index in [-0.39, 0.29) is 0 Å². The lowest BCUT2D eigenvalue weighted by Crippen LogP contribution is -1.88. The van der Waals surface area contributed by atoms with Crippen molar-refractivity contribution in [3.63, 3.8) is 0 Å². The van der Waals surface area contributed by atoms with Crippen molar-refractivity contribution in [2.75, 3.05) is 0 Å². The van der Waals surface area contributed by atoms with E-state index in [9.17, 15) is 0 Å². The van der Waals surface area contributed by atoms with Crippen molar-refractivity contribution in [1.29, 1.82) is 0 Å². The molecular weight excluding hydrogens is 144 g/mol. The van der Waals surface area contributed by atoms with Gasteiger partial charge in [-0.15, -0.1) is 0 Å². The van der Waals surface area contributed by atoms with E-state index in [1.165, 1.54) is 24.8 Å². The van der Waals surface area contributed by atoms with Crippen molar-refractivity contribution in [2.45, 2.75) is 32.6 Å². The van der Waals surface area contributed by atoms with Crippen molar-refractivity contribution in [1.82, 2.24) is 0 Å². The summed E-state index contributed by atoms with van der Waals surface area (Å²) in [6.07, 6.45) is 8.98. The lowest BCUT2D eigenvalue weighted by Gasteiger charge is -2.08. The van der Waals surface area contributed by atoms with Gasteiger partial charge in [-0.1, -0.05) is 36.6 Å². The van der Waals surface area contributed by atoms with Gasteiger partial charge in [0.2, 0.25) is 0 Å². The highest BCUT2D eigenvalue weighted by atomic mass is 35.5. The van der Waals surface area contributed by atoms with E-state index in [0.29, 0.717) is 0 Å². The van der Waals surface area contributed by atoms with Crippen LogP contribution in [0.2, 0.25) is 0 Å². The number of halogens is 1. The summed E-state index contributed by atoms with van der Waals surface area (Å²) in [5.41, 5.74) is 1.51. The van der Waals surface area contributed by atoms with Crippen molar-refractivity contribution in [2.24, 2.45) is 0 Å². The smallest absolute Gasteiger partial charge is 0.0365 e. The Balaban J connectivity index is 2.51. The summed E-state index contributed by atoms with van der Waals surface area (Å²) >= 11 is 5.83. The van der Waals surface area contributed by atoms with Gasteiger partial charge in [-0.3, -0.25) is 0 Å². The van der Waals surface area contributed by atoms with Crippen LogP contribution in [-0.4, -0.2) is 0 Å². The second-order valence-corrected chi connectivity index (χ2v) is 3.12. The van der Waals surface area contributed by atoms with E-state index in [2.05, 4.69) is 19.1 Å². The van der Waals surface area contributed by atoms with E-state index in [1.807, 2.05) is 0 Å². The molecule has 0 saturated carbocycles. The van der Waals surface area contributed by atoms with Gasteiger partial charge in [0.25, 0.3) is 0 Å². The molecular formula is C9H13Cl. The minimum Gasteiger partial charge on any atom is -0.0847 e. The van der Waals surface area contributed by atoms with Crippen LogP contribution in [0.5, 0.6) is 0 Å². The topological polar surface area (TPSA) is 0 Å². The number of rotatable bonds is 2. The summed E-state index contributed by atoms with van der Waals surface area (Å²) in [4.78, 5) is 0. The molecule has 0 radical (unpaired) electrons. The van der Waals surface area contributed by atoms with Crippen molar-refractivity contribution in [3.8, 4) is 0 Å². The molecule has 0 spiro atoms. The molecule has 0 aliphatic heterocycles. The SMILES string of the molecule is CCCC1=CC(Cl)=CCC1. The monoisotopic (exact) mass is 156 g/mol. The minimum absolute atomic E-state index is 0.926. The van der Waals surface area contributed by atoms with Crippen LogP contribution >= 0.6 is 11.6 Å². The predicted molar refractivity (Wildman–Crippen MR) is 46.2 cm³/mol. The van der Waals surface area contributed by atoms with Crippen LogP contribution < -0.4 is 0 Å². The van der Waals surface area contributed by atoms with E-state index in [4.69, 9.17) is 11.6 Å². The van der Waals surface area contributed by atoms with Crippen molar-refractivity contribution >= 4 is 11.6 Å². The van der Waals surface area contributed by atoms with Gasteiger partial charge in [0, 0.05) is 5.03 Å². The highest BCUT2D eigenvalue weighted by molar-refractivity contribution is 6.31. The van der Waals surface area contributed by atoms with E-state index < -0.39 is 0 Å². The first-order valence-corrected chi connectivity index (χ1v) is 4.26. The van der Waals surface area contributed by atoms with Gasteiger partial charge in [0.1, 0.15) is 0 Å². The standard InChI is InChI=1S/C9H13Cl/c1-2-4-8-5-3-6-9(10)7-8/h6-7H,2-5H2,1H3. The highest BCUT2D eigenvalue weighted by Crippen LogP contribution is 2.22. The maximum Gasteiger partial charge on any atom is 0.0365 e. The zero-order valence-electron chi connectivity index (χ0n) is 6.36. The van der Waals surface area contributed by atoms with E-state index >= 15 is 0 Å². The molecule has 1 heteroatoms. The summed E-state index contributed by atoms with van der Waals surface area (Å²) in [5.74, 6) is 0. The fourth-order valence-electron chi connectivity index (χ4n) is 1.24. The third-order valence-electron chi connectivity index (χ3n) is 1.72. The Kier molecular flexibility index (Phi) is 3.01. The first-order valence-electron chi connectivity index (χ1n) is 3.88. The lowest BCUT2D eigenvalue weighted by molar-refractivity contribution is 0.819. The summed E-state index contributed by atoms with van der Waals surface area (Å²) in [6.45, 7) is 2.20. The second kappa shape index (κ2) is 3.82. The van der Waals surface area contributed by atoms with Gasteiger partial charge in [-0.2, -0.15) is 0 Å². The molecule has 56 valence electrons. The molecule has 1 aliphatic carbocycles. The average molecular weight is 157 g/mol. The quantitative estimate of drug-likeness (QED) is 0.573. The molecule has 1 rings (SSSR count). The summed E-state index contributed by atoms with van der Waals surface area (Å²) < 4.78 is 0. The van der Waals surface area contributed by atoms with Gasteiger partial charge in [0.05, 0.1) is 0 Å². The molecule has 1 aliphatic rings. The molecule has 0 aromatic heterocycles. The van der Waals surface area contributed by atoms with Gasteiger partial charge in [-0.25, -0.2) is 0 Å². The van der Waals surface area contributed by atoms with Crippen LogP contribution in [0, 0.1) is 0 Å². The van der Waals surface area contributed by atoms with Gasteiger partial charge < -0.3 is 0 Å². The van der Waals surface area contributed by atoms with Gasteiger partial charge in [-0.05, 0) is 25.3 Å². The summed E-state index contributed by atoms with van der Waals surface area (Å²) in [6, 6.07) is 0. The first kappa shape index (κ1) is 7.87. The molecule has 0 unspecified atom stereocenters. The predicted octanol–water partition coefficient (Wildman–Crippen LogP) is 3.63. The van der Waals surface area contributed by atoms with Crippen LogP contribution in [0.25, 0.3) is 0 Å². The Morgan fingerprint density at radius 2 is 2.40 bits per heavy atom. The molecule has 0 saturated heterocycles. The molecule has 0 amide bonds. The zero-order chi connectivity index (χ0) is 7.40. The highest BCUT2D eigenvalue weighted by Gasteiger charge is 2.01. The molecule has 0 nitrogen and oxygen atoms in total. The average Bonchev–Trinajstić information content (AvgIpc) is 1.88. The second-order valence-electron chi connectivity index (χ2n) is 2.68. The number of hydrogen-bond acceptors (Lipinski definition) is 0. The maximum atomic E-state index is 5.83. The minimum atomic E-state index is 0.926. The molecule has 0 aromatic carbocycles. The van der Waals surface area contributed by atoms with Crippen LogP contribution in [0.1, 0.15) is 32.6 Å². The normalized spacial score (nSPS) is 18.2. The Labute approximate surface area is 67.6 Å². The molecule has 0 aromatic rings. The Hall–Kier alpha value is -0.230. The van der Waals surface area contributed by atoms with Crippen LogP contribution in [-0.2, 0) is 0 Å². The zero-order valence-corrected chi connectivity index (χ0v) is 7.12. The molecule has 10 heavy (non-hydrogen) atoms. The summed E-state index contributed by atoms with van der Waals surface area (Å²) in [7, 11) is 0. The fraction of sp³-hybridized carbons (Fsp3) is 0.556. The molecule has 0 fully saturated rings. The van der Waals surface area contributed by atoms with E-state index in [0.717, 1.165) is 11.5 Å². The van der Waals surface area contributed by atoms with Crippen molar-refractivity contribution in [3.05, 3.63) is 22.8 Å². The third kappa shape index (κ3) is 2.18. The third-order valence-corrected chi connectivity index (χ3v) is 1.98. The van der Waals surface area contributed by atoms with Gasteiger partial charge >= 0.3 is 0 Å². The maximum absolute atomic E-state index is 5.83. The summed E-state index contributed by atoms with van der Waals surface area (Å²) in [5, 5.41) is 0.926. The van der Waals surface area contributed by atoms with Crippen LogP contribution in [0.4, 0.5) is 0 Å². The van der Waals surface area contributed by atoms with E-state index in [1.54, 1.807) is 0 Å². The van der Waals surface area contributed by atoms with Crippen LogP contribution in [0.15, 0.2) is 22.8 Å². The number of allylic oxidation sites excluding steroid dienone is 4. The molecule has 0 N–H and O–H groups in total. The van der Waals surface area contributed by atoms with Gasteiger partial charge in [0.15, 0.2) is 0 Å². The molecule has 0 heterocycles. The van der Waals surface area contributed by atoms with Crippen molar-refractivity contribution < 1.29 is 0 Å². The number of hydrogen-bond donors (Lipinski definition) is 0. The Morgan fingerprint density at radius 3 is 3.00 bits per heavy atom. The van der Waals surface area contributed by atoms with Crippen LogP contribution in [0.3, 0.4) is 0 Å². The molecule has 0 atom stereocenters. The largest absolute Gasteiger partial charge is 0.0847 e. The Bertz CT molecular complexity index is 166. The molecule has 0 bridgehead atoms. The first-order chi connectivity index (χ1) is 4.83. The fourth-order valence-corrected chi connectivity index (χ4v) is 1.50.